The van der Waals surface area contributed by atoms with Crippen molar-refractivity contribution in [2.24, 2.45) is 0 Å². The number of aromatic nitrogens is 1. The van der Waals surface area contributed by atoms with E-state index >= 15 is 0 Å². The average Bonchev–Trinajstić information content (AvgIpc) is 3.13. The number of nitrogens with one attached hydrogen (secondary N) is 1. The maximum Gasteiger partial charge on any atom is 0.226 e. The van der Waals surface area contributed by atoms with Gasteiger partial charge in [-0.3, -0.25) is 9.69 Å². The molecule has 1 aromatic heterocycles. The summed E-state index contributed by atoms with van der Waals surface area (Å²) in [5.74, 6) is 0.392. The lowest BCUT2D eigenvalue weighted by atomic mass is 10.2. The Morgan fingerprint density at radius 1 is 1.62 bits per heavy atom. The van der Waals surface area contributed by atoms with Gasteiger partial charge < -0.3 is 10.1 Å². The van der Waals surface area contributed by atoms with Crippen molar-refractivity contribution in [3.05, 3.63) is 16.1 Å². The molecule has 116 valence electrons. The Hall–Kier alpha value is -0.690. The molecule has 2 atom stereocenters. The van der Waals surface area contributed by atoms with Gasteiger partial charge in [-0.05, 0) is 19.4 Å². The largest absolute Gasteiger partial charge is 0.373 e. The summed E-state index contributed by atoms with van der Waals surface area (Å²) in [6.45, 7) is 3.47. The number of fused-ring (bicyclic) bond motifs is 1. The third-order valence-electron chi connectivity index (χ3n) is 4.04. The number of carbonyl (C=O) groups excluding carboxylic acids is 1. The van der Waals surface area contributed by atoms with E-state index in [1.54, 1.807) is 0 Å². The maximum atomic E-state index is 11.9. The molecule has 1 N–H and O–H groups in total. The third-order valence-corrected chi connectivity index (χ3v) is 5.21. The Balaban J connectivity index is 1.41. The van der Waals surface area contributed by atoms with Crippen LogP contribution in [-0.2, 0) is 21.8 Å². The van der Waals surface area contributed by atoms with Crippen molar-refractivity contribution in [3.8, 4) is 0 Å². The first kappa shape index (κ1) is 15.2. The lowest BCUT2D eigenvalue weighted by Gasteiger charge is -2.35. The summed E-state index contributed by atoms with van der Waals surface area (Å²) >= 11 is 7.19. The quantitative estimate of drug-likeness (QED) is 0.830. The highest BCUT2D eigenvalue weighted by Gasteiger charge is 2.32. The number of alkyl halides is 1. The molecule has 2 saturated heterocycles. The van der Waals surface area contributed by atoms with Crippen LogP contribution >= 0.6 is 22.9 Å². The normalized spacial score (nSPS) is 25.8. The second kappa shape index (κ2) is 7.05. The number of hydrogen-bond acceptors (Lipinski definition) is 5. The number of halogens is 1. The van der Waals surface area contributed by atoms with E-state index in [0.29, 0.717) is 24.9 Å². The second-order valence-electron chi connectivity index (χ2n) is 5.59. The molecule has 0 bridgehead atoms. The predicted molar refractivity (Wildman–Crippen MR) is 82.7 cm³/mol. The molecule has 2 aliphatic heterocycles. The zero-order valence-corrected chi connectivity index (χ0v) is 13.5. The molecule has 2 unspecified atom stereocenters. The Labute approximate surface area is 133 Å². The van der Waals surface area contributed by atoms with Gasteiger partial charge in [-0.15, -0.1) is 22.9 Å². The van der Waals surface area contributed by atoms with Crippen molar-refractivity contribution < 1.29 is 9.53 Å². The molecular formula is C14H20ClN3O2S. The van der Waals surface area contributed by atoms with E-state index in [1.807, 2.05) is 5.38 Å². The van der Waals surface area contributed by atoms with Gasteiger partial charge in [0, 0.05) is 24.5 Å². The monoisotopic (exact) mass is 329 g/mol. The van der Waals surface area contributed by atoms with Gasteiger partial charge in [-0.1, -0.05) is 0 Å². The van der Waals surface area contributed by atoms with Crippen LogP contribution in [0.15, 0.2) is 5.38 Å². The standard InChI is InChI=1S/C14H20ClN3O2S/c15-5-10-9-21-14(17-10)4-13(19)16-6-12-7-18-3-1-2-11(18)8-20-12/h9,11-12H,1-8H2,(H,16,19). The van der Waals surface area contributed by atoms with E-state index in [0.717, 1.165) is 23.9 Å². The Bertz CT molecular complexity index is 496. The van der Waals surface area contributed by atoms with Crippen LogP contribution in [-0.4, -0.2) is 54.2 Å². The van der Waals surface area contributed by atoms with Gasteiger partial charge in [0.05, 0.1) is 30.7 Å². The second-order valence-corrected chi connectivity index (χ2v) is 6.80. The zero-order valence-electron chi connectivity index (χ0n) is 11.9. The minimum absolute atomic E-state index is 0.00221. The van der Waals surface area contributed by atoms with E-state index in [2.05, 4.69) is 15.2 Å². The lowest BCUT2D eigenvalue weighted by molar-refractivity contribution is -0.121. The van der Waals surface area contributed by atoms with E-state index in [9.17, 15) is 4.79 Å². The van der Waals surface area contributed by atoms with Crippen LogP contribution in [0.2, 0.25) is 0 Å². The van der Waals surface area contributed by atoms with Crippen LogP contribution < -0.4 is 5.32 Å². The van der Waals surface area contributed by atoms with E-state index in [-0.39, 0.29) is 12.0 Å². The number of rotatable bonds is 5. The fourth-order valence-electron chi connectivity index (χ4n) is 2.93. The highest BCUT2D eigenvalue weighted by atomic mass is 35.5. The SMILES string of the molecule is O=C(Cc1nc(CCl)cs1)NCC1CN2CCCC2CO1. The molecule has 0 aliphatic carbocycles. The van der Waals surface area contributed by atoms with Crippen molar-refractivity contribution in [1.82, 2.24) is 15.2 Å². The van der Waals surface area contributed by atoms with Crippen molar-refractivity contribution in [2.45, 2.75) is 37.3 Å². The first-order chi connectivity index (χ1) is 10.2. The lowest BCUT2D eigenvalue weighted by Crippen LogP contribution is -2.50. The maximum absolute atomic E-state index is 11.9. The summed E-state index contributed by atoms with van der Waals surface area (Å²) in [7, 11) is 0. The fourth-order valence-corrected chi connectivity index (χ4v) is 3.95. The number of amides is 1. The van der Waals surface area contributed by atoms with Crippen LogP contribution in [0.25, 0.3) is 0 Å². The average molecular weight is 330 g/mol. The Morgan fingerprint density at radius 3 is 3.33 bits per heavy atom. The molecule has 0 aromatic carbocycles. The first-order valence-corrected chi connectivity index (χ1v) is 8.77. The summed E-state index contributed by atoms with van der Waals surface area (Å²) in [4.78, 5) is 18.7. The van der Waals surface area contributed by atoms with E-state index < -0.39 is 0 Å². The number of morpholine rings is 1. The molecule has 0 radical (unpaired) electrons. The highest BCUT2D eigenvalue weighted by molar-refractivity contribution is 7.09. The van der Waals surface area contributed by atoms with E-state index in [1.165, 1.54) is 30.7 Å². The van der Waals surface area contributed by atoms with Crippen molar-refractivity contribution >= 4 is 28.8 Å². The van der Waals surface area contributed by atoms with Gasteiger partial charge in [-0.25, -0.2) is 4.98 Å². The smallest absolute Gasteiger partial charge is 0.226 e. The van der Waals surface area contributed by atoms with Crippen LogP contribution in [0, 0.1) is 0 Å². The van der Waals surface area contributed by atoms with Gasteiger partial charge in [0.25, 0.3) is 0 Å². The molecule has 0 saturated carbocycles. The first-order valence-electron chi connectivity index (χ1n) is 7.36. The van der Waals surface area contributed by atoms with Gasteiger partial charge in [0.1, 0.15) is 5.01 Å². The number of hydrogen-bond donors (Lipinski definition) is 1. The molecule has 2 fully saturated rings. The molecule has 5 nitrogen and oxygen atoms in total. The summed E-state index contributed by atoms with van der Waals surface area (Å²) in [6, 6.07) is 0.598. The van der Waals surface area contributed by atoms with Gasteiger partial charge >= 0.3 is 0 Å². The number of ether oxygens (including phenoxy) is 1. The van der Waals surface area contributed by atoms with Crippen LogP contribution in [0.5, 0.6) is 0 Å². The highest BCUT2D eigenvalue weighted by Crippen LogP contribution is 2.22. The topological polar surface area (TPSA) is 54.5 Å². The van der Waals surface area contributed by atoms with Crippen LogP contribution in [0.1, 0.15) is 23.5 Å². The fraction of sp³-hybridized carbons (Fsp3) is 0.714. The van der Waals surface area contributed by atoms with Crippen molar-refractivity contribution in [1.29, 1.82) is 0 Å². The summed E-state index contributed by atoms with van der Waals surface area (Å²) in [5.41, 5.74) is 0.833. The molecule has 2 aliphatic rings. The van der Waals surface area contributed by atoms with Crippen LogP contribution in [0.4, 0.5) is 0 Å². The molecule has 3 heterocycles. The molecule has 1 aromatic rings. The van der Waals surface area contributed by atoms with E-state index in [4.69, 9.17) is 16.3 Å². The Morgan fingerprint density at radius 2 is 2.52 bits per heavy atom. The minimum atomic E-state index is -0.00221. The zero-order chi connectivity index (χ0) is 14.7. The predicted octanol–water partition coefficient (Wildman–Crippen LogP) is 1.40. The summed E-state index contributed by atoms with van der Waals surface area (Å²) in [6.07, 6.45) is 2.94. The molecule has 3 rings (SSSR count). The summed E-state index contributed by atoms with van der Waals surface area (Å²) in [5, 5.41) is 5.66. The Kier molecular flexibility index (Phi) is 5.11. The molecule has 1 amide bonds. The molecule has 21 heavy (non-hydrogen) atoms. The van der Waals surface area contributed by atoms with Gasteiger partial charge in [0.15, 0.2) is 0 Å². The number of nitrogens with zero attached hydrogens (tertiary/aromatic N) is 2. The number of carbonyl (C=O) groups is 1. The van der Waals surface area contributed by atoms with Gasteiger partial charge in [-0.2, -0.15) is 0 Å². The van der Waals surface area contributed by atoms with Crippen molar-refractivity contribution in [3.63, 3.8) is 0 Å². The third kappa shape index (κ3) is 3.94. The van der Waals surface area contributed by atoms with Gasteiger partial charge in [0.2, 0.25) is 5.91 Å². The minimum Gasteiger partial charge on any atom is -0.373 e. The van der Waals surface area contributed by atoms with Crippen molar-refractivity contribution in [2.75, 3.05) is 26.2 Å². The molecular weight excluding hydrogens is 310 g/mol. The molecule has 0 spiro atoms. The molecule has 7 heteroatoms. The summed E-state index contributed by atoms with van der Waals surface area (Å²) < 4.78 is 5.83. The number of thiazole rings is 1. The van der Waals surface area contributed by atoms with Crippen LogP contribution in [0.3, 0.4) is 0 Å².